The van der Waals surface area contributed by atoms with Crippen LogP contribution in [-0.4, -0.2) is 38.8 Å². The molecule has 0 aromatic heterocycles. The Kier molecular flexibility index (Phi) is 6.52. The van der Waals surface area contributed by atoms with Crippen molar-refractivity contribution in [3.63, 3.8) is 0 Å². The summed E-state index contributed by atoms with van der Waals surface area (Å²) in [5.41, 5.74) is 0. The van der Waals surface area contributed by atoms with Gasteiger partial charge in [-0.05, 0) is 31.1 Å². The van der Waals surface area contributed by atoms with E-state index in [1.807, 2.05) is 0 Å². The van der Waals surface area contributed by atoms with Crippen LogP contribution in [0.3, 0.4) is 0 Å². The number of hydrogen-bond donors (Lipinski definition) is 2. The van der Waals surface area contributed by atoms with Crippen molar-refractivity contribution in [1.82, 2.24) is 10.6 Å². The topological polar surface area (TPSA) is 50.4 Å². The van der Waals surface area contributed by atoms with E-state index in [9.17, 15) is 4.79 Å². The van der Waals surface area contributed by atoms with Crippen LogP contribution in [0.15, 0.2) is 0 Å². The van der Waals surface area contributed by atoms with Crippen molar-refractivity contribution < 1.29 is 9.53 Å². The first-order valence-electron chi connectivity index (χ1n) is 6.60. The first-order chi connectivity index (χ1) is 8.11. The van der Waals surface area contributed by atoms with Crippen molar-refractivity contribution in [1.29, 1.82) is 0 Å². The average Bonchev–Trinajstić information content (AvgIpc) is 2.25. The highest BCUT2D eigenvalue weighted by Gasteiger charge is 2.23. The summed E-state index contributed by atoms with van der Waals surface area (Å²) in [6.07, 6.45) is 3.70. The van der Waals surface area contributed by atoms with Crippen molar-refractivity contribution in [3.05, 3.63) is 0 Å². The van der Waals surface area contributed by atoms with Crippen LogP contribution >= 0.6 is 0 Å². The van der Waals surface area contributed by atoms with Crippen molar-refractivity contribution in [2.75, 3.05) is 26.8 Å². The van der Waals surface area contributed by atoms with Crippen molar-refractivity contribution in [2.24, 2.45) is 11.8 Å². The summed E-state index contributed by atoms with van der Waals surface area (Å²) < 4.78 is 4.88. The van der Waals surface area contributed by atoms with E-state index in [-0.39, 0.29) is 5.91 Å². The van der Waals surface area contributed by atoms with E-state index in [1.54, 1.807) is 7.11 Å². The lowest BCUT2D eigenvalue weighted by atomic mass is 9.80. The molecule has 0 aromatic rings. The van der Waals surface area contributed by atoms with E-state index in [4.69, 9.17) is 4.74 Å². The second-order valence-corrected chi connectivity index (χ2v) is 5.34. The predicted octanol–water partition coefficient (Wildman–Crippen LogP) is 1.16. The summed E-state index contributed by atoms with van der Waals surface area (Å²) in [5.74, 6) is 1.61. The number of rotatable bonds is 6. The lowest BCUT2D eigenvalue weighted by molar-refractivity contribution is -0.120. The number of carbonyl (C=O) groups excluding carboxylic acids is 1. The molecule has 0 radical (unpaired) electrons. The number of nitrogens with one attached hydrogen (secondary N) is 2. The molecule has 1 fully saturated rings. The lowest BCUT2D eigenvalue weighted by Gasteiger charge is -2.31. The maximum atomic E-state index is 11.5. The van der Waals surface area contributed by atoms with Crippen LogP contribution in [0.2, 0.25) is 0 Å². The van der Waals surface area contributed by atoms with E-state index < -0.39 is 0 Å². The molecule has 4 heteroatoms. The van der Waals surface area contributed by atoms with Crippen molar-refractivity contribution >= 4 is 5.91 Å². The molecule has 2 atom stereocenters. The summed E-state index contributed by atoms with van der Waals surface area (Å²) in [6.45, 7) is 6.18. The minimum absolute atomic E-state index is 0.0629. The maximum Gasteiger partial charge on any atom is 0.234 e. The number of amides is 1. The fraction of sp³-hybridized carbons (Fsp3) is 0.923. The van der Waals surface area contributed by atoms with Gasteiger partial charge in [-0.25, -0.2) is 0 Å². The Morgan fingerprint density at radius 2 is 1.88 bits per heavy atom. The summed E-state index contributed by atoms with van der Waals surface area (Å²) in [7, 11) is 1.63. The molecule has 1 saturated carbocycles. The molecule has 0 heterocycles. The monoisotopic (exact) mass is 242 g/mol. The van der Waals surface area contributed by atoms with Crippen molar-refractivity contribution in [2.45, 2.75) is 39.2 Å². The van der Waals surface area contributed by atoms with Gasteiger partial charge >= 0.3 is 0 Å². The maximum absolute atomic E-state index is 11.5. The van der Waals surface area contributed by atoms with Gasteiger partial charge in [0.25, 0.3) is 0 Å². The van der Waals surface area contributed by atoms with Crippen LogP contribution in [0.25, 0.3) is 0 Å². The summed E-state index contributed by atoms with van der Waals surface area (Å²) >= 11 is 0. The van der Waals surface area contributed by atoms with E-state index in [0.717, 1.165) is 11.8 Å². The van der Waals surface area contributed by atoms with E-state index in [0.29, 0.717) is 25.7 Å². The summed E-state index contributed by atoms with van der Waals surface area (Å²) in [4.78, 5) is 11.5. The zero-order chi connectivity index (χ0) is 12.7. The van der Waals surface area contributed by atoms with Crippen LogP contribution in [0.1, 0.15) is 33.1 Å². The van der Waals surface area contributed by atoms with Gasteiger partial charge in [-0.2, -0.15) is 0 Å². The molecule has 1 aliphatic rings. The van der Waals surface area contributed by atoms with Crippen LogP contribution in [0.5, 0.6) is 0 Å². The van der Waals surface area contributed by atoms with E-state index in [2.05, 4.69) is 24.5 Å². The molecule has 1 aliphatic carbocycles. The number of methoxy groups -OCH3 is 1. The molecule has 0 aromatic carbocycles. The third-order valence-electron chi connectivity index (χ3n) is 3.36. The molecule has 100 valence electrons. The Morgan fingerprint density at radius 1 is 1.24 bits per heavy atom. The van der Waals surface area contributed by atoms with Crippen LogP contribution in [0.4, 0.5) is 0 Å². The molecule has 0 saturated heterocycles. The van der Waals surface area contributed by atoms with E-state index in [1.165, 1.54) is 19.3 Å². The van der Waals surface area contributed by atoms with Gasteiger partial charge in [0, 0.05) is 19.7 Å². The third-order valence-corrected chi connectivity index (χ3v) is 3.36. The average molecular weight is 242 g/mol. The second-order valence-electron chi connectivity index (χ2n) is 5.34. The number of hydrogen-bond acceptors (Lipinski definition) is 3. The molecule has 17 heavy (non-hydrogen) atoms. The van der Waals surface area contributed by atoms with Gasteiger partial charge in [-0.3, -0.25) is 4.79 Å². The Morgan fingerprint density at radius 3 is 2.47 bits per heavy atom. The fourth-order valence-electron chi connectivity index (χ4n) is 2.71. The van der Waals surface area contributed by atoms with Gasteiger partial charge in [-0.15, -0.1) is 0 Å². The van der Waals surface area contributed by atoms with Crippen molar-refractivity contribution in [3.8, 4) is 0 Å². The molecule has 2 N–H and O–H groups in total. The molecule has 0 spiro atoms. The molecular formula is C13H26N2O2. The molecule has 1 rings (SSSR count). The molecular weight excluding hydrogens is 216 g/mol. The Labute approximate surface area is 104 Å². The van der Waals surface area contributed by atoms with Crippen LogP contribution in [-0.2, 0) is 9.53 Å². The Balaban J connectivity index is 2.14. The molecule has 4 nitrogen and oxygen atoms in total. The number of carbonyl (C=O) groups is 1. The standard InChI is InChI=1S/C13H26N2O2/c1-10-6-11(2)8-12(7-10)15-9-13(16)14-4-5-17-3/h10-12,15H,4-9H2,1-3H3,(H,14,16). The van der Waals surface area contributed by atoms with Gasteiger partial charge in [0.15, 0.2) is 0 Å². The molecule has 0 bridgehead atoms. The SMILES string of the molecule is COCCNC(=O)CNC1CC(C)CC(C)C1. The fourth-order valence-corrected chi connectivity index (χ4v) is 2.71. The van der Waals surface area contributed by atoms with Gasteiger partial charge in [0.2, 0.25) is 5.91 Å². The van der Waals surface area contributed by atoms with Gasteiger partial charge < -0.3 is 15.4 Å². The zero-order valence-electron chi connectivity index (χ0n) is 11.3. The Bertz CT molecular complexity index is 223. The molecule has 1 amide bonds. The van der Waals surface area contributed by atoms with Gasteiger partial charge in [0.1, 0.15) is 0 Å². The quantitative estimate of drug-likeness (QED) is 0.687. The van der Waals surface area contributed by atoms with E-state index >= 15 is 0 Å². The smallest absolute Gasteiger partial charge is 0.234 e. The highest BCUT2D eigenvalue weighted by Crippen LogP contribution is 2.28. The molecule has 2 unspecified atom stereocenters. The van der Waals surface area contributed by atoms with Crippen LogP contribution < -0.4 is 10.6 Å². The number of ether oxygens (including phenoxy) is 1. The third kappa shape index (κ3) is 6.03. The highest BCUT2D eigenvalue weighted by atomic mass is 16.5. The highest BCUT2D eigenvalue weighted by molar-refractivity contribution is 5.77. The first kappa shape index (κ1) is 14.5. The normalized spacial score (nSPS) is 29.0. The largest absolute Gasteiger partial charge is 0.383 e. The minimum atomic E-state index is 0.0629. The molecule has 0 aliphatic heterocycles. The minimum Gasteiger partial charge on any atom is -0.383 e. The first-order valence-corrected chi connectivity index (χ1v) is 6.60. The summed E-state index contributed by atoms with van der Waals surface area (Å²) in [6, 6.07) is 0.502. The predicted molar refractivity (Wildman–Crippen MR) is 68.9 cm³/mol. The second kappa shape index (κ2) is 7.67. The van der Waals surface area contributed by atoms with Gasteiger partial charge in [-0.1, -0.05) is 13.8 Å². The Hall–Kier alpha value is -0.610. The summed E-state index contributed by atoms with van der Waals surface area (Å²) in [5, 5.41) is 6.18. The van der Waals surface area contributed by atoms with Gasteiger partial charge in [0.05, 0.1) is 13.2 Å². The van der Waals surface area contributed by atoms with Crippen LogP contribution in [0, 0.1) is 11.8 Å². The zero-order valence-corrected chi connectivity index (χ0v) is 11.3. The lowest BCUT2D eigenvalue weighted by Crippen LogP contribution is -2.43.